The van der Waals surface area contributed by atoms with Crippen molar-refractivity contribution in [2.45, 2.75) is 46.0 Å². The first-order valence-corrected chi connectivity index (χ1v) is 10.1. The first-order valence-electron chi connectivity index (χ1n) is 10.1. The van der Waals surface area contributed by atoms with Gasteiger partial charge in [0.2, 0.25) is 0 Å². The lowest BCUT2D eigenvalue weighted by molar-refractivity contribution is -0.384. The van der Waals surface area contributed by atoms with E-state index in [2.05, 4.69) is 37.9 Å². The number of hydrogen-bond donors (Lipinski definition) is 1. The van der Waals surface area contributed by atoms with Gasteiger partial charge in [-0.3, -0.25) is 14.9 Å². The number of anilines is 2. The Hall–Kier alpha value is -2.89. The first kappa shape index (κ1) is 20.8. The maximum atomic E-state index is 12.9. The van der Waals surface area contributed by atoms with Crippen LogP contribution in [0.1, 0.15) is 56.5 Å². The number of nitrogens with zero attached hydrogens (tertiary/aromatic N) is 2. The molecule has 1 amide bonds. The highest BCUT2D eigenvalue weighted by Gasteiger charge is 2.26. The number of nitro groups is 1. The maximum absolute atomic E-state index is 12.9. The number of nitro benzene ring substituents is 1. The highest BCUT2D eigenvalue weighted by molar-refractivity contribution is 6.05. The Balaban J connectivity index is 1.89. The van der Waals surface area contributed by atoms with E-state index >= 15 is 0 Å². The molecule has 6 heteroatoms. The number of rotatable bonds is 4. The van der Waals surface area contributed by atoms with Crippen molar-refractivity contribution in [3.05, 3.63) is 63.7 Å². The number of hydrogen-bond acceptors (Lipinski definition) is 4. The summed E-state index contributed by atoms with van der Waals surface area (Å²) in [4.78, 5) is 26.2. The van der Waals surface area contributed by atoms with Crippen molar-refractivity contribution < 1.29 is 9.72 Å². The molecule has 154 valence electrons. The lowest BCUT2D eigenvalue weighted by Crippen LogP contribution is -2.34. The minimum absolute atomic E-state index is 0.0177. The van der Waals surface area contributed by atoms with Gasteiger partial charge < -0.3 is 10.2 Å². The van der Waals surface area contributed by atoms with E-state index in [0.717, 1.165) is 37.2 Å². The van der Waals surface area contributed by atoms with Gasteiger partial charge in [-0.25, -0.2) is 0 Å². The van der Waals surface area contributed by atoms with Crippen LogP contribution in [-0.4, -0.2) is 23.9 Å². The summed E-state index contributed by atoms with van der Waals surface area (Å²) in [6, 6.07) is 12.4. The highest BCUT2D eigenvalue weighted by atomic mass is 16.6. The molecule has 1 aliphatic heterocycles. The molecule has 1 aliphatic rings. The van der Waals surface area contributed by atoms with Crippen molar-refractivity contribution in [2.24, 2.45) is 5.92 Å². The second kappa shape index (κ2) is 8.23. The predicted molar refractivity (Wildman–Crippen MR) is 117 cm³/mol. The van der Waals surface area contributed by atoms with E-state index < -0.39 is 4.92 Å². The van der Waals surface area contributed by atoms with Gasteiger partial charge in [-0.15, -0.1) is 0 Å². The Kier molecular flexibility index (Phi) is 5.91. The van der Waals surface area contributed by atoms with E-state index in [4.69, 9.17) is 0 Å². The van der Waals surface area contributed by atoms with Gasteiger partial charge in [0.05, 0.1) is 4.92 Å². The Bertz CT molecular complexity index is 918. The van der Waals surface area contributed by atoms with Crippen LogP contribution in [-0.2, 0) is 5.41 Å². The Labute approximate surface area is 172 Å². The number of nitrogens with one attached hydrogen (secondary N) is 1. The number of carbonyl (C=O) groups excluding carboxylic acids is 1. The Morgan fingerprint density at radius 3 is 2.59 bits per heavy atom. The van der Waals surface area contributed by atoms with Crippen LogP contribution in [0.25, 0.3) is 0 Å². The number of benzene rings is 2. The van der Waals surface area contributed by atoms with Gasteiger partial charge in [0.25, 0.3) is 11.6 Å². The van der Waals surface area contributed by atoms with Crippen LogP contribution in [0.5, 0.6) is 0 Å². The molecule has 0 aliphatic carbocycles. The van der Waals surface area contributed by atoms with Crippen LogP contribution in [0.15, 0.2) is 42.5 Å². The second-order valence-electron chi connectivity index (χ2n) is 8.90. The zero-order valence-corrected chi connectivity index (χ0v) is 17.6. The summed E-state index contributed by atoms with van der Waals surface area (Å²) < 4.78 is 0. The third-order valence-electron chi connectivity index (χ3n) is 5.42. The summed E-state index contributed by atoms with van der Waals surface area (Å²) in [7, 11) is 0. The number of para-hydroxylation sites is 1. The minimum Gasteiger partial charge on any atom is -0.366 e. The zero-order chi connectivity index (χ0) is 21.2. The summed E-state index contributed by atoms with van der Waals surface area (Å²) >= 11 is 0. The van der Waals surface area contributed by atoms with Crippen molar-refractivity contribution in [2.75, 3.05) is 23.3 Å². The van der Waals surface area contributed by atoms with Gasteiger partial charge in [0.15, 0.2) is 0 Å². The van der Waals surface area contributed by atoms with Crippen molar-refractivity contribution in [3.63, 3.8) is 0 Å². The van der Waals surface area contributed by atoms with Crippen molar-refractivity contribution in [3.8, 4) is 0 Å². The zero-order valence-electron chi connectivity index (χ0n) is 17.6. The van der Waals surface area contributed by atoms with Crippen LogP contribution in [0, 0.1) is 16.0 Å². The van der Waals surface area contributed by atoms with Crippen molar-refractivity contribution in [1.82, 2.24) is 0 Å². The smallest absolute Gasteiger partial charge is 0.293 e. The van der Waals surface area contributed by atoms with E-state index in [1.807, 2.05) is 24.3 Å². The fraction of sp³-hybridized carbons (Fsp3) is 0.435. The molecular formula is C23H29N3O3. The number of piperidine rings is 1. The number of carbonyl (C=O) groups is 1. The average Bonchev–Trinajstić information content (AvgIpc) is 2.67. The minimum atomic E-state index is -0.394. The predicted octanol–water partition coefficient (Wildman–Crippen LogP) is 5.38. The van der Waals surface area contributed by atoms with E-state index in [1.54, 1.807) is 12.1 Å². The molecule has 0 spiro atoms. The lowest BCUT2D eigenvalue weighted by Gasteiger charge is -2.32. The first-order chi connectivity index (χ1) is 13.7. The Morgan fingerprint density at radius 2 is 1.93 bits per heavy atom. The largest absolute Gasteiger partial charge is 0.366 e. The molecule has 1 N–H and O–H groups in total. The second-order valence-corrected chi connectivity index (χ2v) is 8.90. The summed E-state index contributed by atoms with van der Waals surface area (Å²) in [5.41, 5.74) is 2.46. The topological polar surface area (TPSA) is 75.5 Å². The Morgan fingerprint density at radius 1 is 1.21 bits per heavy atom. The molecule has 0 radical (unpaired) electrons. The van der Waals surface area contributed by atoms with E-state index in [9.17, 15) is 14.9 Å². The third kappa shape index (κ3) is 4.75. The monoisotopic (exact) mass is 395 g/mol. The summed E-state index contributed by atoms with van der Waals surface area (Å²) in [5, 5.41) is 14.6. The fourth-order valence-electron chi connectivity index (χ4n) is 3.93. The third-order valence-corrected chi connectivity index (χ3v) is 5.42. The van der Waals surface area contributed by atoms with Gasteiger partial charge in [-0.05, 0) is 47.9 Å². The van der Waals surface area contributed by atoms with E-state index in [-0.39, 0.29) is 22.6 Å². The van der Waals surface area contributed by atoms with Gasteiger partial charge >= 0.3 is 0 Å². The van der Waals surface area contributed by atoms with Crippen LogP contribution in [0.3, 0.4) is 0 Å². The SMILES string of the molecule is C[C@H]1CCCN(c2ccc(C(=O)Nc3ccccc3C(C)(C)C)cc2[N+](=O)[O-])C1. The molecule has 0 aromatic heterocycles. The molecule has 1 saturated heterocycles. The average molecular weight is 396 g/mol. The lowest BCUT2D eigenvalue weighted by atomic mass is 9.86. The summed E-state index contributed by atoms with van der Waals surface area (Å²) in [5.74, 6) is 0.156. The molecule has 0 bridgehead atoms. The molecule has 2 aromatic rings. The van der Waals surface area contributed by atoms with Gasteiger partial charge in [0, 0.05) is 30.4 Å². The molecule has 1 atom stereocenters. The van der Waals surface area contributed by atoms with Crippen LogP contribution in [0.4, 0.5) is 17.1 Å². The van der Waals surface area contributed by atoms with Gasteiger partial charge in [0.1, 0.15) is 5.69 Å². The highest BCUT2D eigenvalue weighted by Crippen LogP contribution is 2.33. The molecule has 29 heavy (non-hydrogen) atoms. The molecule has 1 fully saturated rings. The van der Waals surface area contributed by atoms with E-state index in [0.29, 0.717) is 11.6 Å². The van der Waals surface area contributed by atoms with E-state index in [1.165, 1.54) is 6.07 Å². The molecule has 0 unspecified atom stereocenters. The number of amides is 1. The fourth-order valence-corrected chi connectivity index (χ4v) is 3.93. The molecular weight excluding hydrogens is 366 g/mol. The molecule has 0 saturated carbocycles. The molecule has 3 rings (SSSR count). The van der Waals surface area contributed by atoms with Gasteiger partial charge in [-0.2, -0.15) is 0 Å². The van der Waals surface area contributed by atoms with Crippen molar-refractivity contribution >= 4 is 23.0 Å². The van der Waals surface area contributed by atoms with Crippen LogP contribution >= 0.6 is 0 Å². The summed E-state index contributed by atoms with van der Waals surface area (Å²) in [6.45, 7) is 10.00. The maximum Gasteiger partial charge on any atom is 0.293 e. The van der Waals surface area contributed by atoms with Gasteiger partial charge in [-0.1, -0.05) is 45.9 Å². The van der Waals surface area contributed by atoms with Crippen LogP contribution < -0.4 is 10.2 Å². The normalized spacial score (nSPS) is 17.1. The standard InChI is InChI=1S/C23H29N3O3/c1-16-8-7-13-25(15-16)20-12-11-17(14-21(20)26(28)29)22(27)24-19-10-6-5-9-18(19)23(2,3)4/h5-6,9-12,14,16H,7-8,13,15H2,1-4H3,(H,24,27)/t16-/m0/s1. The van der Waals surface area contributed by atoms with Crippen molar-refractivity contribution in [1.29, 1.82) is 0 Å². The molecule has 2 aromatic carbocycles. The summed E-state index contributed by atoms with van der Waals surface area (Å²) in [6.07, 6.45) is 2.15. The molecule has 6 nitrogen and oxygen atoms in total. The molecule has 1 heterocycles. The quantitative estimate of drug-likeness (QED) is 0.557. The van der Waals surface area contributed by atoms with Crippen LogP contribution in [0.2, 0.25) is 0 Å².